The Hall–Kier alpha value is -3.53. The molecule has 0 aliphatic carbocycles. The fourth-order valence-corrected chi connectivity index (χ4v) is 3.89. The smallest absolute Gasteiger partial charge is 0.327 e. The van der Waals surface area contributed by atoms with Crippen molar-refractivity contribution in [2.45, 2.75) is 32.1 Å². The second-order valence-corrected chi connectivity index (χ2v) is 8.64. The Kier molecular flexibility index (Phi) is 8.62. The first-order valence-corrected chi connectivity index (χ1v) is 11.4. The number of halogens is 4. The van der Waals surface area contributed by atoms with E-state index in [0.29, 0.717) is 18.3 Å². The molecule has 0 bridgehead atoms. The molecular formula is C26H28F4N4O2. The molecule has 0 N–H and O–H groups in total. The van der Waals surface area contributed by atoms with Crippen LogP contribution in [-0.4, -0.2) is 52.4 Å². The van der Waals surface area contributed by atoms with Crippen molar-refractivity contribution in [1.82, 2.24) is 19.4 Å². The van der Waals surface area contributed by atoms with E-state index in [1.54, 1.807) is 37.3 Å². The third-order valence-corrected chi connectivity index (χ3v) is 5.77. The van der Waals surface area contributed by atoms with E-state index in [-0.39, 0.29) is 30.9 Å². The number of likely N-dealkylation sites (N-methyl/N-ethyl adjacent to an activating group) is 1. The second kappa shape index (κ2) is 11.5. The van der Waals surface area contributed by atoms with Crippen molar-refractivity contribution in [2.24, 2.45) is 0 Å². The molecule has 1 atom stereocenters. The fourth-order valence-electron chi connectivity index (χ4n) is 3.89. The highest BCUT2D eigenvalue weighted by atomic mass is 19.4. The first kappa shape index (κ1) is 27.1. The highest BCUT2D eigenvalue weighted by Gasteiger charge is 2.37. The molecule has 192 valence electrons. The first-order chi connectivity index (χ1) is 17.0. The minimum absolute atomic E-state index is 0.0496. The zero-order valence-corrected chi connectivity index (χ0v) is 20.3. The van der Waals surface area contributed by atoms with Gasteiger partial charge in [0.25, 0.3) is 11.5 Å². The summed E-state index contributed by atoms with van der Waals surface area (Å²) in [5.74, 6) is -0.891. The maximum Gasteiger partial charge on any atom is 0.423 e. The third kappa shape index (κ3) is 6.37. The average Bonchev–Trinajstić information content (AvgIpc) is 2.83. The van der Waals surface area contributed by atoms with Crippen LogP contribution in [0.3, 0.4) is 0 Å². The number of alkyl halides is 3. The van der Waals surface area contributed by atoms with Gasteiger partial charge in [-0.05, 0) is 50.3 Å². The standard InChI is InChI=1S/C26H28F4N4O2/c1-4-22(33(15-14-32(2)3)24(35)19-10-12-20(27)13-11-19)23-31-16-21(26(28,29)30)25(36)34(23)17-18-8-6-5-7-9-18/h5-13,16,22H,4,14-15,17H2,1-3H3. The molecule has 0 aliphatic rings. The summed E-state index contributed by atoms with van der Waals surface area (Å²) in [6.07, 6.45) is -4.06. The molecule has 10 heteroatoms. The van der Waals surface area contributed by atoms with Crippen LogP contribution in [0.1, 0.15) is 46.7 Å². The van der Waals surface area contributed by atoms with Crippen molar-refractivity contribution in [1.29, 1.82) is 0 Å². The zero-order valence-electron chi connectivity index (χ0n) is 20.3. The molecule has 0 saturated heterocycles. The lowest BCUT2D eigenvalue weighted by Gasteiger charge is -2.33. The monoisotopic (exact) mass is 504 g/mol. The summed E-state index contributed by atoms with van der Waals surface area (Å²) in [4.78, 5) is 34.0. The van der Waals surface area contributed by atoms with Crippen LogP contribution in [0.4, 0.5) is 17.6 Å². The lowest BCUT2D eigenvalue weighted by Crippen LogP contribution is -2.42. The van der Waals surface area contributed by atoms with E-state index in [1.165, 1.54) is 29.2 Å². The fraction of sp³-hybridized carbons (Fsp3) is 0.346. The number of carbonyl (C=O) groups is 1. The van der Waals surface area contributed by atoms with Crippen LogP contribution in [0.25, 0.3) is 0 Å². The maximum absolute atomic E-state index is 13.6. The van der Waals surface area contributed by atoms with Crippen LogP contribution in [0, 0.1) is 5.82 Å². The van der Waals surface area contributed by atoms with Gasteiger partial charge < -0.3 is 9.80 Å². The van der Waals surface area contributed by atoms with Crippen LogP contribution < -0.4 is 5.56 Å². The third-order valence-electron chi connectivity index (χ3n) is 5.77. The van der Waals surface area contributed by atoms with Crippen molar-refractivity contribution >= 4 is 5.91 Å². The van der Waals surface area contributed by atoms with Gasteiger partial charge in [0.2, 0.25) is 0 Å². The topological polar surface area (TPSA) is 58.4 Å². The van der Waals surface area contributed by atoms with E-state index < -0.39 is 35.1 Å². The maximum atomic E-state index is 13.6. The Morgan fingerprint density at radius 1 is 1.03 bits per heavy atom. The van der Waals surface area contributed by atoms with Gasteiger partial charge in [-0.1, -0.05) is 37.3 Å². The van der Waals surface area contributed by atoms with E-state index in [4.69, 9.17) is 0 Å². The zero-order chi connectivity index (χ0) is 26.5. The van der Waals surface area contributed by atoms with Gasteiger partial charge in [-0.15, -0.1) is 0 Å². The van der Waals surface area contributed by atoms with E-state index in [9.17, 15) is 27.2 Å². The lowest BCUT2D eigenvalue weighted by atomic mass is 10.1. The average molecular weight is 505 g/mol. The summed E-state index contributed by atoms with van der Waals surface area (Å²) in [6.45, 7) is 2.29. The molecule has 6 nitrogen and oxygen atoms in total. The van der Waals surface area contributed by atoms with Crippen molar-refractivity contribution in [3.8, 4) is 0 Å². The number of benzene rings is 2. The van der Waals surface area contributed by atoms with Crippen molar-refractivity contribution in [3.63, 3.8) is 0 Å². The molecule has 0 spiro atoms. The molecule has 1 amide bonds. The number of carbonyl (C=O) groups excluding carboxylic acids is 1. The van der Waals surface area contributed by atoms with Crippen LogP contribution in [-0.2, 0) is 12.7 Å². The summed E-state index contributed by atoms with van der Waals surface area (Å²) in [5, 5.41) is 0. The number of rotatable bonds is 9. The van der Waals surface area contributed by atoms with Gasteiger partial charge in [0.05, 0.1) is 12.6 Å². The second-order valence-electron chi connectivity index (χ2n) is 8.64. The summed E-state index contributed by atoms with van der Waals surface area (Å²) in [5.41, 5.74) is -1.77. The van der Waals surface area contributed by atoms with Crippen molar-refractivity contribution in [3.05, 3.63) is 99.5 Å². The Labute approximate surface area is 206 Å². The number of nitrogens with zero attached hydrogens (tertiary/aromatic N) is 4. The molecule has 0 fully saturated rings. The number of amides is 1. The van der Waals surface area contributed by atoms with Crippen LogP contribution in [0.2, 0.25) is 0 Å². The molecule has 3 aromatic rings. The quantitative estimate of drug-likeness (QED) is 0.400. The molecule has 1 aromatic heterocycles. The molecule has 2 aromatic carbocycles. The highest BCUT2D eigenvalue weighted by molar-refractivity contribution is 5.94. The van der Waals surface area contributed by atoms with E-state index in [2.05, 4.69) is 4.98 Å². The molecule has 36 heavy (non-hydrogen) atoms. The van der Waals surface area contributed by atoms with Gasteiger partial charge in [-0.3, -0.25) is 14.2 Å². The Morgan fingerprint density at radius 2 is 1.67 bits per heavy atom. The Morgan fingerprint density at radius 3 is 2.22 bits per heavy atom. The molecular weight excluding hydrogens is 476 g/mol. The summed E-state index contributed by atoms with van der Waals surface area (Å²) in [6, 6.07) is 12.8. The lowest BCUT2D eigenvalue weighted by molar-refractivity contribution is -0.139. The van der Waals surface area contributed by atoms with Crippen molar-refractivity contribution < 1.29 is 22.4 Å². The van der Waals surface area contributed by atoms with Gasteiger partial charge in [0, 0.05) is 24.8 Å². The summed E-state index contributed by atoms with van der Waals surface area (Å²) in [7, 11) is 3.65. The SMILES string of the molecule is CCC(c1ncc(C(F)(F)F)c(=O)n1Cc1ccccc1)N(CCN(C)C)C(=O)c1ccc(F)cc1. The summed E-state index contributed by atoms with van der Waals surface area (Å²) >= 11 is 0. The molecule has 0 saturated carbocycles. The van der Waals surface area contributed by atoms with E-state index in [0.717, 1.165) is 4.57 Å². The number of hydrogen-bond donors (Lipinski definition) is 0. The van der Waals surface area contributed by atoms with Crippen LogP contribution >= 0.6 is 0 Å². The summed E-state index contributed by atoms with van der Waals surface area (Å²) < 4.78 is 55.2. The minimum atomic E-state index is -4.88. The molecule has 1 heterocycles. The largest absolute Gasteiger partial charge is 0.423 e. The molecule has 1 unspecified atom stereocenters. The first-order valence-electron chi connectivity index (χ1n) is 11.4. The normalized spacial score (nSPS) is 12.6. The predicted molar refractivity (Wildman–Crippen MR) is 128 cm³/mol. The van der Waals surface area contributed by atoms with Gasteiger partial charge in [-0.25, -0.2) is 9.37 Å². The van der Waals surface area contributed by atoms with Crippen LogP contribution in [0.15, 0.2) is 65.6 Å². The molecule has 0 radical (unpaired) electrons. The van der Waals surface area contributed by atoms with Gasteiger partial charge in [0.15, 0.2) is 0 Å². The van der Waals surface area contributed by atoms with Crippen molar-refractivity contribution in [2.75, 3.05) is 27.2 Å². The predicted octanol–water partition coefficient (Wildman–Crippen LogP) is 4.60. The van der Waals surface area contributed by atoms with Gasteiger partial charge >= 0.3 is 6.18 Å². The molecule has 3 rings (SSSR count). The van der Waals surface area contributed by atoms with E-state index >= 15 is 0 Å². The van der Waals surface area contributed by atoms with Crippen LogP contribution in [0.5, 0.6) is 0 Å². The van der Waals surface area contributed by atoms with Gasteiger partial charge in [0.1, 0.15) is 17.2 Å². The minimum Gasteiger partial charge on any atom is -0.327 e. The number of hydrogen-bond acceptors (Lipinski definition) is 4. The Bertz CT molecular complexity index is 1230. The van der Waals surface area contributed by atoms with E-state index in [1.807, 2.05) is 19.0 Å². The Balaban J connectivity index is 2.15. The highest BCUT2D eigenvalue weighted by Crippen LogP contribution is 2.29. The van der Waals surface area contributed by atoms with Gasteiger partial charge in [-0.2, -0.15) is 13.2 Å². The number of aromatic nitrogens is 2. The molecule has 0 aliphatic heterocycles.